The number of esters is 1. The van der Waals surface area contributed by atoms with Crippen LogP contribution in [0.3, 0.4) is 0 Å². The molecule has 0 aromatic heterocycles. The number of ether oxygens (including phenoxy) is 1. The Bertz CT molecular complexity index is 569. The molecule has 2 N–H and O–H groups in total. The maximum absolute atomic E-state index is 13.6. The van der Waals surface area contributed by atoms with Crippen molar-refractivity contribution in [3.63, 3.8) is 0 Å². The number of hydrogen-bond donors (Lipinski definition) is 1. The first-order chi connectivity index (χ1) is 8.20. The quantitative estimate of drug-likeness (QED) is 0.652. The Balaban J connectivity index is 2.79. The lowest BCUT2D eigenvalue weighted by Crippen LogP contribution is -2.15. The van der Waals surface area contributed by atoms with Gasteiger partial charge in [-0.05, 0) is 24.6 Å². The standard InChI is InChI=1S/C11H14FNO4S/c1-7-5-8(13)6-9(10(7)12)11(14)17-3-4-18(2,15)16/h5-6H,3-4,13H2,1-2H3. The van der Waals surface area contributed by atoms with Crippen LogP contribution >= 0.6 is 0 Å². The number of benzene rings is 1. The average Bonchev–Trinajstić information content (AvgIpc) is 2.21. The van der Waals surface area contributed by atoms with Gasteiger partial charge >= 0.3 is 5.97 Å². The van der Waals surface area contributed by atoms with Crippen LogP contribution < -0.4 is 5.73 Å². The molecule has 0 fully saturated rings. The molecule has 0 radical (unpaired) electrons. The highest BCUT2D eigenvalue weighted by Crippen LogP contribution is 2.17. The van der Waals surface area contributed by atoms with Gasteiger partial charge in [0.15, 0.2) is 9.84 Å². The number of carbonyl (C=O) groups is 1. The second-order valence-electron chi connectivity index (χ2n) is 3.97. The molecule has 1 rings (SSSR count). The van der Waals surface area contributed by atoms with E-state index in [0.717, 1.165) is 12.3 Å². The number of nitrogen functional groups attached to an aromatic ring is 1. The molecule has 0 aliphatic carbocycles. The van der Waals surface area contributed by atoms with Crippen LogP contribution in [0.5, 0.6) is 0 Å². The number of carbonyl (C=O) groups excluding carboxylic acids is 1. The number of nitrogens with two attached hydrogens (primary N) is 1. The molecule has 1 aromatic carbocycles. The third-order valence-corrected chi connectivity index (χ3v) is 3.09. The second kappa shape index (κ2) is 5.34. The summed E-state index contributed by atoms with van der Waals surface area (Å²) in [5.41, 5.74) is 5.67. The number of halogens is 1. The summed E-state index contributed by atoms with van der Waals surface area (Å²) in [5, 5.41) is 0. The number of anilines is 1. The van der Waals surface area contributed by atoms with Crippen molar-refractivity contribution < 1.29 is 22.3 Å². The van der Waals surface area contributed by atoms with Crippen molar-refractivity contribution >= 4 is 21.5 Å². The Morgan fingerprint density at radius 2 is 2.06 bits per heavy atom. The summed E-state index contributed by atoms with van der Waals surface area (Å²) in [5.74, 6) is -1.94. The molecular weight excluding hydrogens is 261 g/mol. The molecule has 7 heteroatoms. The van der Waals surface area contributed by atoms with E-state index in [2.05, 4.69) is 4.74 Å². The van der Waals surface area contributed by atoms with Gasteiger partial charge in [-0.15, -0.1) is 0 Å². The minimum atomic E-state index is -3.22. The van der Waals surface area contributed by atoms with E-state index >= 15 is 0 Å². The lowest BCUT2D eigenvalue weighted by molar-refractivity contribution is 0.0524. The Morgan fingerprint density at radius 1 is 1.44 bits per heavy atom. The van der Waals surface area contributed by atoms with Crippen molar-refractivity contribution in [2.24, 2.45) is 0 Å². The number of aryl methyl sites for hydroxylation is 1. The SMILES string of the molecule is Cc1cc(N)cc(C(=O)OCCS(C)(=O)=O)c1F. The fourth-order valence-electron chi connectivity index (χ4n) is 1.31. The zero-order chi connectivity index (χ0) is 13.9. The molecule has 0 spiro atoms. The van der Waals surface area contributed by atoms with Crippen molar-refractivity contribution in [3.05, 3.63) is 29.1 Å². The van der Waals surface area contributed by atoms with Crippen molar-refractivity contribution in [1.82, 2.24) is 0 Å². The Kier molecular flexibility index (Phi) is 4.28. The predicted octanol–water partition coefficient (Wildman–Crippen LogP) is 0.918. The Labute approximate surface area is 105 Å². The van der Waals surface area contributed by atoms with E-state index in [1.807, 2.05) is 0 Å². The van der Waals surface area contributed by atoms with Crippen molar-refractivity contribution in [2.75, 3.05) is 24.3 Å². The van der Waals surface area contributed by atoms with E-state index in [1.54, 1.807) is 0 Å². The number of rotatable bonds is 4. The van der Waals surface area contributed by atoms with Gasteiger partial charge in [0, 0.05) is 11.9 Å². The van der Waals surface area contributed by atoms with Crippen LogP contribution in [-0.2, 0) is 14.6 Å². The molecule has 0 amide bonds. The lowest BCUT2D eigenvalue weighted by Gasteiger charge is -2.07. The van der Waals surface area contributed by atoms with Gasteiger partial charge in [0.25, 0.3) is 0 Å². The van der Waals surface area contributed by atoms with E-state index in [0.29, 0.717) is 0 Å². The van der Waals surface area contributed by atoms with Crippen LogP contribution in [0.15, 0.2) is 12.1 Å². The summed E-state index contributed by atoms with van der Waals surface area (Å²) >= 11 is 0. The van der Waals surface area contributed by atoms with Crippen LogP contribution in [0.25, 0.3) is 0 Å². The highest BCUT2D eigenvalue weighted by molar-refractivity contribution is 7.90. The zero-order valence-corrected chi connectivity index (χ0v) is 10.9. The van der Waals surface area contributed by atoms with Crippen LogP contribution in [-0.4, -0.2) is 33.0 Å². The summed E-state index contributed by atoms with van der Waals surface area (Å²) < 4.78 is 40.0. The minimum Gasteiger partial charge on any atom is -0.461 e. The van der Waals surface area contributed by atoms with Crippen LogP contribution in [0.2, 0.25) is 0 Å². The van der Waals surface area contributed by atoms with Gasteiger partial charge in [-0.1, -0.05) is 0 Å². The molecule has 100 valence electrons. The monoisotopic (exact) mass is 275 g/mol. The van der Waals surface area contributed by atoms with E-state index < -0.39 is 21.6 Å². The Morgan fingerprint density at radius 3 is 2.61 bits per heavy atom. The summed E-state index contributed by atoms with van der Waals surface area (Å²) in [7, 11) is -3.22. The lowest BCUT2D eigenvalue weighted by atomic mass is 10.1. The smallest absolute Gasteiger partial charge is 0.341 e. The van der Waals surface area contributed by atoms with Gasteiger partial charge in [-0.2, -0.15) is 0 Å². The van der Waals surface area contributed by atoms with Gasteiger partial charge < -0.3 is 10.5 Å². The van der Waals surface area contributed by atoms with Crippen molar-refractivity contribution in [2.45, 2.75) is 6.92 Å². The third kappa shape index (κ3) is 3.99. The maximum atomic E-state index is 13.6. The first kappa shape index (κ1) is 14.4. The summed E-state index contributed by atoms with van der Waals surface area (Å²) in [6, 6.07) is 2.55. The number of hydrogen-bond acceptors (Lipinski definition) is 5. The predicted molar refractivity (Wildman–Crippen MR) is 65.5 cm³/mol. The first-order valence-corrected chi connectivity index (χ1v) is 7.17. The Hall–Kier alpha value is -1.63. The second-order valence-corrected chi connectivity index (χ2v) is 6.22. The van der Waals surface area contributed by atoms with E-state index in [4.69, 9.17) is 5.73 Å². The molecule has 0 heterocycles. The number of sulfone groups is 1. The molecule has 0 saturated heterocycles. The van der Waals surface area contributed by atoms with Gasteiger partial charge in [-0.3, -0.25) is 0 Å². The van der Waals surface area contributed by atoms with E-state index in [1.165, 1.54) is 13.0 Å². The van der Waals surface area contributed by atoms with Crippen LogP contribution in [0, 0.1) is 12.7 Å². The zero-order valence-electron chi connectivity index (χ0n) is 10.1. The highest BCUT2D eigenvalue weighted by atomic mass is 32.2. The molecule has 0 aliphatic heterocycles. The fourth-order valence-corrected chi connectivity index (χ4v) is 1.70. The topological polar surface area (TPSA) is 86.5 Å². The molecule has 1 aromatic rings. The van der Waals surface area contributed by atoms with E-state index in [-0.39, 0.29) is 29.2 Å². The van der Waals surface area contributed by atoms with Crippen LogP contribution in [0.4, 0.5) is 10.1 Å². The van der Waals surface area contributed by atoms with Gasteiger partial charge in [0.1, 0.15) is 12.4 Å². The van der Waals surface area contributed by atoms with Crippen molar-refractivity contribution in [1.29, 1.82) is 0 Å². The summed E-state index contributed by atoms with van der Waals surface area (Å²) in [6.45, 7) is 1.16. The van der Waals surface area contributed by atoms with Gasteiger partial charge in [-0.25, -0.2) is 17.6 Å². The molecule has 0 atom stereocenters. The largest absolute Gasteiger partial charge is 0.461 e. The average molecular weight is 275 g/mol. The first-order valence-electron chi connectivity index (χ1n) is 5.11. The molecule has 18 heavy (non-hydrogen) atoms. The molecule has 0 unspecified atom stereocenters. The van der Waals surface area contributed by atoms with Crippen LogP contribution in [0.1, 0.15) is 15.9 Å². The minimum absolute atomic E-state index is 0.227. The summed E-state index contributed by atoms with van der Waals surface area (Å²) in [6.07, 6.45) is 1.02. The third-order valence-electron chi connectivity index (χ3n) is 2.18. The fraction of sp³-hybridized carbons (Fsp3) is 0.364. The molecule has 0 saturated carbocycles. The highest BCUT2D eigenvalue weighted by Gasteiger charge is 2.16. The van der Waals surface area contributed by atoms with E-state index in [9.17, 15) is 17.6 Å². The molecular formula is C11H14FNO4S. The molecule has 0 aliphatic rings. The van der Waals surface area contributed by atoms with Gasteiger partial charge in [0.05, 0.1) is 11.3 Å². The molecule has 0 bridgehead atoms. The van der Waals surface area contributed by atoms with Gasteiger partial charge in [0.2, 0.25) is 0 Å². The normalized spacial score (nSPS) is 11.3. The summed E-state index contributed by atoms with van der Waals surface area (Å²) in [4.78, 5) is 11.5. The van der Waals surface area contributed by atoms with Crippen molar-refractivity contribution in [3.8, 4) is 0 Å². The molecule has 5 nitrogen and oxygen atoms in total. The maximum Gasteiger partial charge on any atom is 0.341 e.